The van der Waals surface area contributed by atoms with E-state index in [4.69, 9.17) is 0 Å². The van der Waals surface area contributed by atoms with Gasteiger partial charge in [0.25, 0.3) is 0 Å². The van der Waals surface area contributed by atoms with Crippen LogP contribution in [0.1, 0.15) is 5.56 Å². The molecule has 0 fully saturated rings. The number of pyridine rings is 2. The summed E-state index contributed by atoms with van der Waals surface area (Å²) in [5.41, 5.74) is 20.3. The Morgan fingerprint density at radius 2 is 0.597 bits per heavy atom. The fraction of sp³-hybridized carbons (Fsp3) is 0. The van der Waals surface area contributed by atoms with Crippen LogP contribution in [-0.4, -0.2) is 23.7 Å². The van der Waals surface area contributed by atoms with Gasteiger partial charge in [0, 0.05) is 50.4 Å². The molecular weight excluding hydrogens is 937 g/mol. The second-order valence-electron chi connectivity index (χ2n) is 19.7. The fourth-order valence-corrected chi connectivity index (χ4v) is 11.8. The summed E-state index contributed by atoms with van der Waals surface area (Å²) in [5.74, 6) is 0. The van der Waals surface area contributed by atoms with E-state index in [1.54, 1.807) is 0 Å². The average molecular weight is 981 g/mol. The van der Waals surface area contributed by atoms with E-state index in [2.05, 4.69) is 272 Å². The summed E-state index contributed by atoms with van der Waals surface area (Å²) in [5, 5.41) is 18.6. The first kappa shape index (κ1) is 43.9. The lowest BCUT2D eigenvalue weighted by Crippen LogP contribution is -2.05. The molecule has 0 spiro atoms. The van der Waals surface area contributed by atoms with Crippen LogP contribution in [0, 0.1) is 11.3 Å². The molecule has 0 saturated heterocycles. The van der Waals surface area contributed by atoms with E-state index in [1.165, 1.54) is 0 Å². The van der Waals surface area contributed by atoms with Gasteiger partial charge in [0.1, 0.15) is 11.6 Å². The number of rotatable bonds is 8. The van der Waals surface area contributed by atoms with Gasteiger partial charge >= 0.3 is 0 Å². The molecule has 0 unspecified atom stereocenters. The highest BCUT2D eigenvalue weighted by Crippen LogP contribution is 2.44. The quantitative estimate of drug-likeness (QED) is 0.152. The molecule has 15 rings (SSSR count). The lowest BCUT2D eigenvalue weighted by Gasteiger charge is -2.19. The Hall–Kier alpha value is -10.6. The first-order chi connectivity index (χ1) is 38.1. The monoisotopic (exact) mass is 980 g/mol. The van der Waals surface area contributed by atoms with Crippen LogP contribution >= 0.6 is 0 Å². The summed E-state index contributed by atoms with van der Waals surface area (Å²) in [4.78, 5) is 9.08. The molecule has 358 valence electrons. The molecule has 0 aliphatic heterocycles. The van der Waals surface area contributed by atoms with Crippen molar-refractivity contribution in [1.29, 1.82) is 5.26 Å². The summed E-state index contributed by atoms with van der Waals surface area (Å²) in [6, 6.07) is 89.4. The molecule has 0 saturated carbocycles. The largest absolute Gasteiger partial charge is 0.308 e. The normalized spacial score (nSPS) is 11.6. The molecule has 10 aromatic carbocycles. The molecule has 0 atom stereocenters. The van der Waals surface area contributed by atoms with Crippen molar-refractivity contribution in [2.75, 3.05) is 0 Å². The number of fused-ring (bicyclic) bond motifs is 9. The van der Waals surface area contributed by atoms with Gasteiger partial charge in [-0.05, 0) is 141 Å². The number of hydrogen-bond donors (Lipinski definition) is 0. The zero-order valence-electron chi connectivity index (χ0n) is 41.6. The van der Waals surface area contributed by atoms with Gasteiger partial charge < -0.3 is 13.7 Å². The highest BCUT2D eigenvalue weighted by atomic mass is 15.0. The van der Waals surface area contributed by atoms with Crippen LogP contribution in [0.2, 0.25) is 0 Å². The SMILES string of the molecule is N#Cc1c(-n2c3ccc(-c4ccccc4)cc3c3cc(-c4ccccc4)ccc32)cc(-c2ccc(-n3c4cnccc4c4ccncc43)cc2)cc1-n1c2ccc(-c3ccccc3)cc2c2cc(-c3ccccc3)ccc21. The van der Waals surface area contributed by atoms with Crippen molar-refractivity contribution in [2.45, 2.75) is 0 Å². The van der Waals surface area contributed by atoms with Gasteiger partial charge in [0.05, 0.1) is 56.9 Å². The van der Waals surface area contributed by atoms with E-state index >= 15 is 0 Å². The lowest BCUT2D eigenvalue weighted by molar-refractivity contribution is 1.12. The van der Waals surface area contributed by atoms with Gasteiger partial charge in [-0.2, -0.15) is 5.26 Å². The predicted octanol–water partition coefficient (Wildman–Crippen LogP) is 18.0. The predicted molar refractivity (Wildman–Crippen MR) is 317 cm³/mol. The van der Waals surface area contributed by atoms with Gasteiger partial charge in [-0.3, -0.25) is 9.97 Å². The summed E-state index contributed by atoms with van der Waals surface area (Å²) in [6.07, 6.45) is 7.55. The average Bonchev–Trinajstić information content (AvgIpc) is 4.36. The van der Waals surface area contributed by atoms with Crippen molar-refractivity contribution in [3.63, 3.8) is 0 Å². The summed E-state index contributed by atoms with van der Waals surface area (Å²) >= 11 is 0. The second-order valence-corrected chi connectivity index (χ2v) is 19.7. The Bertz CT molecular complexity index is 4360. The van der Waals surface area contributed by atoms with Crippen LogP contribution < -0.4 is 0 Å². The van der Waals surface area contributed by atoms with E-state index in [0.29, 0.717) is 5.56 Å². The summed E-state index contributed by atoms with van der Waals surface area (Å²) < 4.78 is 6.88. The molecule has 77 heavy (non-hydrogen) atoms. The van der Waals surface area contributed by atoms with Crippen LogP contribution in [0.5, 0.6) is 0 Å². The third-order valence-electron chi connectivity index (χ3n) is 15.5. The van der Waals surface area contributed by atoms with Crippen LogP contribution in [-0.2, 0) is 0 Å². The minimum Gasteiger partial charge on any atom is -0.308 e. The third-order valence-corrected chi connectivity index (χ3v) is 15.5. The smallest absolute Gasteiger partial charge is 0.104 e. The molecule has 0 aliphatic rings. The molecule has 5 aromatic heterocycles. The molecule has 0 aliphatic carbocycles. The Morgan fingerprint density at radius 1 is 0.273 bits per heavy atom. The van der Waals surface area contributed by atoms with Crippen molar-refractivity contribution in [3.05, 3.63) is 273 Å². The van der Waals surface area contributed by atoms with Gasteiger partial charge in [-0.1, -0.05) is 158 Å². The van der Waals surface area contributed by atoms with E-state index in [1.807, 2.05) is 24.8 Å². The van der Waals surface area contributed by atoms with Crippen LogP contribution in [0.15, 0.2) is 267 Å². The highest BCUT2D eigenvalue weighted by molar-refractivity contribution is 6.14. The van der Waals surface area contributed by atoms with Crippen molar-refractivity contribution >= 4 is 65.4 Å². The zero-order chi connectivity index (χ0) is 51.0. The van der Waals surface area contributed by atoms with Crippen LogP contribution in [0.25, 0.3) is 138 Å². The fourth-order valence-electron chi connectivity index (χ4n) is 11.8. The Morgan fingerprint density at radius 3 is 0.935 bits per heavy atom. The van der Waals surface area contributed by atoms with Crippen molar-refractivity contribution in [2.24, 2.45) is 0 Å². The van der Waals surface area contributed by atoms with Gasteiger partial charge in [-0.15, -0.1) is 0 Å². The van der Waals surface area contributed by atoms with E-state index in [9.17, 15) is 5.26 Å². The number of nitrogens with zero attached hydrogens (tertiary/aromatic N) is 6. The van der Waals surface area contributed by atoms with Gasteiger partial charge in [-0.25, -0.2) is 0 Å². The summed E-state index contributed by atoms with van der Waals surface area (Å²) in [7, 11) is 0. The third kappa shape index (κ3) is 7.17. The first-order valence-electron chi connectivity index (χ1n) is 25.9. The maximum Gasteiger partial charge on any atom is 0.104 e. The number of benzene rings is 10. The van der Waals surface area contributed by atoms with E-state index in [-0.39, 0.29) is 0 Å². The zero-order valence-corrected chi connectivity index (χ0v) is 41.6. The number of aromatic nitrogens is 5. The maximum atomic E-state index is 11.9. The molecule has 0 bridgehead atoms. The Kier molecular flexibility index (Phi) is 10.2. The number of hydrogen-bond acceptors (Lipinski definition) is 3. The van der Waals surface area contributed by atoms with Crippen molar-refractivity contribution in [1.82, 2.24) is 23.7 Å². The highest BCUT2D eigenvalue weighted by Gasteiger charge is 2.24. The van der Waals surface area contributed by atoms with Crippen LogP contribution in [0.3, 0.4) is 0 Å². The van der Waals surface area contributed by atoms with Crippen LogP contribution in [0.4, 0.5) is 0 Å². The molecule has 6 heteroatoms. The van der Waals surface area contributed by atoms with Gasteiger partial charge in [0.2, 0.25) is 0 Å². The van der Waals surface area contributed by atoms with E-state index in [0.717, 1.165) is 138 Å². The molecule has 5 heterocycles. The number of nitriles is 1. The van der Waals surface area contributed by atoms with E-state index < -0.39 is 0 Å². The Balaban J connectivity index is 1.02. The van der Waals surface area contributed by atoms with Crippen molar-refractivity contribution in [3.8, 4) is 78.8 Å². The Labute approximate surface area is 443 Å². The second kappa shape index (κ2) is 17.8. The lowest BCUT2D eigenvalue weighted by atomic mass is 9.99. The topological polar surface area (TPSA) is 64.4 Å². The maximum absolute atomic E-state index is 11.9. The molecule has 15 aromatic rings. The first-order valence-corrected chi connectivity index (χ1v) is 25.9. The summed E-state index contributed by atoms with van der Waals surface area (Å²) in [6.45, 7) is 0. The molecular formula is C71H44N6. The molecule has 0 amide bonds. The molecule has 0 N–H and O–H groups in total. The van der Waals surface area contributed by atoms with Gasteiger partial charge in [0.15, 0.2) is 0 Å². The van der Waals surface area contributed by atoms with Crippen molar-refractivity contribution < 1.29 is 0 Å². The standard InChI is InChI=1S/C71H44N6/c72-43-63-68(76-64-29-23-51(46-13-5-1-6-14-46)37-59(64)60-38-52(24-30-65(60)76)47-15-7-2-8-16-47)41-55(50-21-27-56(28-22-50)75-70-44-73-35-33-57(70)58-34-36-74-45-71(58)75)42-69(63)77-66-31-25-53(48-17-9-3-10-18-48)39-61(66)62-40-54(26-32-67(62)77)49-19-11-4-12-20-49/h1-42,44-45H. The minimum absolute atomic E-state index is 0.562. The minimum atomic E-state index is 0.562. The molecule has 6 nitrogen and oxygen atoms in total. The molecule has 0 radical (unpaired) electrons.